The van der Waals surface area contributed by atoms with Gasteiger partial charge in [0.05, 0.1) is 12.7 Å². The van der Waals surface area contributed by atoms with Crippen LogP contribution in [0.3, 0.4) is 0 Å². The third-order valence-electron chi connectivity index (χ3n) is 3.46. The highest BCUT2D eigenvalue weighted by Gasteiger charge is 2.26. The second kappa shape index (κ2) is 6.56. The molecule has 1 aromatic carbocycles. The molecule has 0 unspecified atom stereocenters. The Morgan fingerprint density at radius 1 is 1.26 bits per heavy atom. The number of hydrogen-bond acceptors (Lipinski definition) is 3. The first-order valence-electron chi connectivity index (χ1n) is 7.42. The summed E-state index contributed by atoms with van der Waals surface area (Å²) in [6, 6.07) is 2.43. The smallest absolute Gasteiger partial charge is 0.410 e. The summed E-state index contributed by atoms with van der Waals surface area (Å²) in [5.74, 6) is -1.57. The second-order valence-corrected chi connectivity index (χ2v) is 6.34. The molecular formula is C17H21F2NO3. The van der Waals surface area contributed by atoms with Crippen molar-refractivity contribution in [2.75, 3.05) is 20.2 Å². The zero-order valence-electron chi connectivity index (χ0n) is 13.8. The predicted octanol–water partition coefficient (Wildman–Crippen LogP) is 4.00. The van der Waals surface area contributed by atoms with Gasteiger partial charge in [0.25, 0.3) is 0 Å². The standard InChI is InChI=1S/C17H21F2NO3/c1-17(2,3)23-16(21)20-9-7-11(8-10-20)14-13(22-4)6-5-12(18)15(14)19/h5-7H,8-10H2,1-4H3. The highest BCUT2D eigenvalue weighted by atomic mass is 19.2. The molecule has 4 nitrogen and oxygen atoms in total. The van der Waals surface area contributed by atoms with Crippen molar-refractivity contribution in [3.63, 3.8) is 0 Å². The van der Waals surface area contributed by atoms with Gasteiger partial charge in [-0.2, -0.15) is 0 Å². The van der Waals surface area contributed by atoms with Crippen molar-refractivity contribution in [1.29, 1.82) is 0 Å². The van der Waals surface area contributed by atoms with Crippen molar-refractivity contribution in [2.24, 2.45) is 0 Å². The molecule has 1 aromatic rings. The third-order valence-corrected chi connectivity index (χ3v) is 3.46. The fraction of sp³-hybridized carbons (Fsp3) is 0.471. The minimum atomic E-state index is -0.929. The van der Waals surface area contributed by atoms with Crippen molar-refractivity contribution in [2.45, 2.75) is 32.8 Å². The molecule has 1 aliphatic rings. The van der Waals surface area contributed by atoms with E-state index < -0.39 is 23.3 Å². The highest BCUT2D eigenvalue weighted by molar-refractivity contribution is 5.75. The fourth-order valence-corrected chi connectivity index (χ4v) is 2.39. The lowest BCUT2D eigenvalue weighted by Crippen LogP contribution is -2.39. The van der Waals surface area contributed by atoms with Gasteiger partial charge < -0.3 is 14.4 Å². The van der Waals surface area contributed by atoms with Gasteiger partial charge in [-0.1, -0.05) is 6.08 Å². The third kappa shape index (κ3) is 4.00. The molecule has 0 saturated carbocycles. The topological polar surface area (TPSA) is 38.8 Å². The van der Waals surface area contributed by atoms with Gasteiger partial charge >= 0.3 is 6.09 Å². The Morgan fingerprint density at radius 3 is 2.48 bits per heavy atom. The van der Waals surface area contributed by atoms with E-state index in [0.29, 0.717) is 18.5 Å². The van der Waals surface area contributed by atoms with E-state index in [4.69, 9.17) is 9.47 Å². The van der Waals surface area contributed by atoms with Crippen molar-refractivity contribution >= 4 is 11.7 Å². The summed E-state index contributed by atoms with van der Waals surface area (Å²) in [4.78, 5) is 13.5. The lowest BCUT2D eigenvalue weighted by Gasteiger charge is -2.30. The molecule has 6 heteroatoms. The van der Waals surface area contributed by atoms with Crippen LogP contribution in [0.2, 0.25) is 0 Å². The number of benzene rings is 1. The number of methoxy groups -OCH3 is 1. The summed E-state index contributed by atoms with van der Waals surface area (Å²) in [6.45, 7) is 6.04. The van der Waals surface area contributed by atoms with E-state index in [2.05, 4.69) is 0 Å². The van der Waals surface area contributed by atoms with E-state index in [1.54, 1.807) is 26.8 Å². The molecule has 1 heterocycles. The molecule has 0 fully saturated rings. The fourth-order valence-electron chi connectivity index (χ4n) is 2.39. The number of amides is 1. The quantitative estimate of drug-likeness (QED) is 0.825. The molecule has 0 aromatic heterocycles. The van der Waals surface area contributed by atoms with Gasteiger partial charge in [-0.15, -0.1) is 0 Å². The molecule has 0 spiro atoms. The molecule has 0 aliphatic carbocycles. The number of nitrogens with zero attached hydrogens (tertiary/aromatic N) is 1. The molecular weight excluding hydrogens is 304 g/mol. The van der Waals surface area contributed by atoms with Crippen molar-refractivity contribution < 1.29 is 23.0 Å². The van der Waals surface area contributed by atoms with E-state index in [1.807, 2.05) is 0 Å². The Labute approximate surface area is 134 Å². The first-order valence-corrected chi connectivity index (χ1v) is 7.42. The van der Waals surface area contributed by atoms with E-state index in [-0.39, 0.29) is 17.9 Å². The molecule has 0 bridgehead atoms. The van der Waals surface area contributed by atoms with Crippen LogP contribution in [0, 0.1) is 11.6 Å². The van der Waals surface area contributed by atoms with Crippen molar-refractivity contribution in [3.05, 3.63) is 35.4 Å². The molecule has 1 aliphatic heterocycles. The van der Waals surface area contributed by atoms with Crippen molar-refractivity contribution in [3.8, 4) is 5.75 Å². The summed E-state index contributed by atoms with van der Waals surface area (Å²) >= 11 is 0. The maximum Gasteiger partial charge on any atom is 0.410 e. The Bertz CT molecular complexity index is 635. The van der Waals surface area contributed by atoms with Crippen LogP contribution in [0.5, 0.6) is 5.75 Å². The van der Waals surface area contributed by atoms with Crippen LogP contribution in [-0.2, 0) is 4.74 Å². The van der Waals surface area contributed by atoms with Crippen LogP contribution in [0.25, 0.3) is 5.57 Å². The van der Waals surface area contributed by atoms with E-state index in [9.17, 15) is 13.6 Å². The SMILES string of the molecule is COc1ccc(F)c(F)c1C1=CCN(C(=O)OC(C)(C)C)CC1. The predicted molar refractivity (Wildman–Crippen MR) is 83.3 cm³/mol. The lowest BCUT2D eigenvalue weighted by molar-refractivity contribution is 0.0270. The Morgan fingerprint density at radius 2 is 1.96 bits per heavy atom. The van der Waals surface area contributed by atoms with Crippen LogP contribution in [-0.4, -0.2) is 36.8 Å². The number of halogens is 2. The van der Waals surface area contributed by atoms with Crippen molar-refractivity contribution in [1.82, 2.24) is 4.90 Å². The molecule has 126 valence electrons. The summed E-state index contributed by atoms with van der Waals surface area (Å²) in [5, 5.41) is 0. The zero-order chi connectivity index (χ0) is 17.2. The summed E-state index contributed by atoms with van der Waals surface area (Å²) in [6.07, 6.45) is 1.68. The second-order valence-electron chi connectivity index (χ2n) is 6.34. The lowest BCUT2D eigenvalue weighted by atomic mass is 9.98. The first kappa shape index (κ1) is 17.2. The van der Waals surface area contributed by atoms with Gasteiger partial charge in [0.15, 0.2) is 11.6 Å². The maximum atomic E-state index is 14.1. The average molecular weight is 325 g/mol. The van der Waals surface area contributed by atoms with E-state index in [1.165, 1.54) is 18.1 Å². The van der Waals surface area contributed by atoms with Crippen LogP contribution in [0.1, 0.15) is 32.8 Å². The van der Waals surface area contributed by atoms with Gasteiger partial charge in [0.1, 0.15) is 11.4 Å². The van der Waals surface area contributed by atoms with Crippen LogP contribution >= 0.6 is 0 Å². The van der Waals surface area contributed by atoms with Gasteiger partial charge in [0.2, 0.25) is 0 Å². The summed E-state index contributed by atoms with van der Waals surface area (Å²) < 4.78 is 38.0. The minimum Gasteiger partial charge on any atom is -0.496 e. The molecule has 0 N–H and O–H groups in total. The zero-order valence-corrected chi connectivity index (χ0v) is 13.8. The molecule has 0 radical (unpaired) electrons. The summed E-state index contributed by atoms with van der Waals surface area (Å²) in [7, 11) is 1.41. The van der Waals surface area contributed by atoms with Gasteiger partial charge in [-0.3, -0.25) is 0 Å². The molecule has 23 heavy (non-hydrogen) atoms. The first-order chi connectivity index (χ1) is 10.7. The van der Waals surface area contributed by atoms with Gasteiger partial charge in [-0.05, 0) is 44.9 Å². The van der Waals surface area contributed by atoms with E-state index in [0.717, 1.165) is 6.07 Å². The number of ether oxygens (including phenoxy) is 2. The van der Waals surface area contributed by atoms with E-state index >= 15 is 0 Å². The Kier molecular flexibility index (Phi) is 4.92. The van der Waals surface area contributed by atoms with Crippen LogP contribution in [0.4, 0.5) is 13.6 Å². The minimum absolute atomic E-state index is 0.122. The van der Waals surface area contributed by atoms with Crippen LogP contribution < -0.4 is 4.74 Å². The summed E-state index contributed by atoms with van der Waals surface area (Å²) in [5.41, 5.74) is 0.175. The number of carbonyl (C=O) groups excluding carboxylic acids is 1. The average Bonchev–Trinajstić information content (AvgIpc) is 2.48. The monoisotopic (exact) mass is 325 g/mol. The normalized spacial score (nSPS) is 15.2. The Hall–Kier alpha value is -2.11. The molecule has 0 saturated heterocycles. The number of hydrogen-bond donors (Lipinski definition) is 0. The number of rotatable bonds is 2. The van der Waals surface area contributed by atoms with Gasteiger partial charge in [0, 0.05) is 13.1 Å². The molecule has 0 atom stereocenters. The largest absolute Gasteiger partial charge is 0.496 e. The van der Waals surface area contributed by atoms with Crippen LogP contribution in [0.15, 0.2) is 18.2 Å². The Balaban J connectivity index is 2.20. The highest BCUT2D eigenvalue weighted by Crippen LogP contribution is 2.33. The number of carbonyl (C=O) groups is 1. The molecule has 2 rings (SSSR count). The molecule has 1 amide bonds. The van der Waals surface area contributed by atoms with Gasteiger partial charge in [-0.25, -0.2) is 13.6 Å². The maximum absolute atomic E-state index is 14.1.